The van der Waals surface area contributed by atoms with Crippen LogP contribution in [0, 0.1) is 5.92 Å². The Hall–Kier alpha value is -1.51. The molecule has 0 aromatic heterocycles. The molecule has 7 heteroatoms. The van der Waals surface area contributed by atoms with Gasteiger partial charge >= 0.3 is 0 Å². The largest absolute Gasteiger partial charge is 0.494 e. The van der Waals surface area contributed by atoms with Gasteiger partial charge < -0.3 is 20.7 Å². The van der Waals surface area contributed by atoms with Gasteiger partial charge in [0.15, 0.2) is 5.96 Å². The number of halogens is 1. The van der Waals surface area contributed by atoms with Gasteiger partial charge in [-0.15, -0.1) is 24.0 Å². The summed E-state index contributed by atoms with van der Waals surface area (Å²) < 4.78 is 5.64. The highest BCUT2D eigenvalue weighted by molar-refractivity contribution is 14.0. The van der Waals surface area contributed by atoms with E-state index >= 15 is 0 Å². The van der Waals surface area contributed by atoms with Crippen LogP contribution in [0.4, 0.5) is 0 Å². The molecule has 0 atom stereocenters. The summed E-state index contributed by atoms with van der Waals surface area (Å²) in [7, 11) is 1.74. The maximum atomic E-state index is 12.1. The highest BCUT2D eigenvalue weighted by atomic mass is 127. The van der Waals surface area contributed by atoms with Crippen LogP contribution in [-0.2, 0) is 11.3 Å². The maximum Gasteiger partial charge on any atom is 0.223 e. The number of rotatable bonds is 8. The molecule has 0 bridgehead atoms. The average Bonchev–Trinajstić information content (AvgIpc) is 2.69. The third kappa shape index (κ3) is 8.36. The highest BCUT2D eigenvalue weighted by Crippen LogP contribution is 2.23. The third-order valence-corrected chi connectivity index (χ3v) is 4.63. The Kier molecular flexibility index (Phi) is 11.9. The van der Waals surface area contributed by atoms with E-state index in [1.807, 2.05) is 31.2 Å². The molecular formula is C20H33IN4O2. The van der Waals surface area contributed by atoms with Crippen molar-refractivity contribution in [2.75, 3.05) is 26.7 Å². The van der Waals surface area contributed by atoms with Gasteiger partial charge in [0.2, 0.25) is 5.91 Å². The van der Waals surface area contributed by atoms with Crippen LogP contribution in [0.2, 0.25) is 0 Å². The second-order valence-corrected chi connectivity index (χ2v) is 6.52. The molecule has 1 aliphatic carbocycles. The molecule has 1 fully saturated rings. The van der Waals surface area contributed by atoms with E-state index in [-0.39, 0.29) is 35.8 Å². The lowest BCUT2D eigenvalue weighted by molar-refractivity contribution is -0.125. The molecule has 1 amide bonds. The minimum absolute atomic E-state index is 0. The van der Waals surface area contributed by atoms with Gasteiger partial charge in [0.25, 0.3) is 0 Å². The molecule has 0 spiro atoms. The monoisotopic (exact) mass is 488 g/mol. The van der Waals surface area contributed by atoms with Gasteiger partial charge in [0, 0.05) is 38.2 Å². The summed E-state index contributed by atoms with van der Waals surface area (Å²) in [6.07, 6.45) is 5.68. The second kappa shape index (κ2) is 13.6. The number of nitrogens with zero attached hydrogens (tertiary/aromatic N) is 1. The topological polar surface area (TPSA) is 74.8 Å². The van der Waals surface area contributed by atoms with E-state index < -0.39 is 0 Å². The smallest absolute Gasteiger partial charge is 0.223 e. The van der Waals surface area contributed by atoms with Gasteiger partial charge in [-0.25, -0.2) is 0 Å². The molecule has 152 valence electrons. The Morgan fingerprint density at radius 1 is 1.11 bits per heavy atom. The summed E-state index contributed by atoms with van der Waals surface area (Å²) in [5.74, 6) is 2.00. The quantitative estimate of drug-likeness (QED) is 0.228. The number of amides is 1. The lowest BCUT2D eigenvalue weighted by atomic mass is 9.89. The van der Waals surface area contributed by atoms with E-state index in [4.69, 9.17) is 4.74 Å². The summed E-state index contributed by atoms with van der Waals surface area (Å²) in [5.41, 5.74) is 1.09. The Bertz CT molecular complexity index is 589. The molecule has 1 aromatic rings. The van der Waals surface area contributed by atoms with Crippen LogP contribution in [-0.4, -0.2) is 38.6 Å². The molecule has 0 unspecified atom stereocenters. The summed E-state index contributed by atoms with van der Waals surface area (Å²) in [6, 6.07) is 7.97. The van der Waals surface area contributed by atoms with Crippen molar-refractivity contribution in [2.24, 2.45) is 10.9 Å². The molecule has 0 aliphatic heterocycles. The van der Waals surface area contributed by atoms with E-state index in [9.17, 15) is 4.79 Å². The number of benzene rings is 1. The lowest BCUT2D eigenvalue weighted by Crippen LogP contribution is -2.42. The predicted molar refractivity (Wildman–Crippen MR) is 121 cm³/mol. The van der Waals surface area contributed by atoms with E-state index in [0.717, 1.165) is 24.2 Å². The molecule has 6 nitrogen and oxygen atoms in total. The first-order valence-corrected chi connectivity index (χ1v) is 9.67. The Balaban J connectivity index is 0.00000364. The van der Waals surface area contributed by atoms with Crippen LogP contribution in [0.15, 0.2) is 29.3 Å². The van der Waals surface area contributed by atoms with Crippen LogP contribution < -0.4 is 20.7 Å². The summed E-state index contributed by atoms with van der Waals surface area (Å²) in [6.45, 7) is 4.50. The van der Waals surface area contributed by atoms with E-state index in [0.29, 0.717) is 32.2 Å². The summed E-state index contributed by atoms with van der Waals surface area (Å²) in [5, 5.41) is 9.54. The van der Waals surface area contributed by atoms with Crippen molar-refractivity contribution >= 4 is 35.8 Å². The number of hydrogen-bond donors (Lipinski definition) is 3. The van der Waals surface area contributed by atoms with Crippen LogP contribution in [0.5, 0.6) is 5.75 Å². The fraction of sp³-hybridized carbons (Fsp3) is 0.600. The van der Waals surface area contributed by atoms with Crippen molar-refractivity contribution in [3.8, 4) is 5.75 Å². The number of guanidine groups is 1. The van der Waals surface area contributed by atoms with Crippen molar-refractivity contribution in [3.63, 3.8) is 0 Å². The van der Waals surface area contributed by atoms with Crippen LogP contribution in [0.3, 0.4) is 0 Å². The van der Waals surface area contributed by atoms with Gasteiger partial charge in [-0.2, -0.15) is 0 Å². The SMILES string of the molecule is CCOc1ccccc1CNC(=NC)NCCNC(=O)C1CCCCC1.I. The molecule has 27 heavy (non-hydrogen) atoms. The Morgan fingerprint density at radius 3 is 2.52 bits per heavy atom. The normalized spacial score (nSPS) is 14.8. The fourth-order valence-electron chi connectivity index (χ4n) is 3.22. The van der Waals surface area contributed by atoms with Gasteiger partial charge in [0.1, 0.15) is 5.75 Å². The van der Waals surface area contributed by atoms with Crippen LogP contribution >= 0.6 is 24.0 Å². The lowest BCUT2D eigenvalue weighted by Gasteiger charge is -2.21. The van der Waals surface area contributed by atoms with Crippen LogP contribution in [0.25, 0.3) is 0 Å². The van der Waals surface area contributed by atoms with Crippen LogP contribution in [0.1, 0.15) is 44.6 Å². The molecule has 0 saturated heterocycles. The number of carbonyl (C=O) groups excluding carboxylic acids is 1. The highest BCUT2D eigenvalue weighted by Gasteiger charge is 2.20. The van der Waals surface area contributed by atoms with Crippen molar-refractivity contribution in [3.05, 3.63) is 29.8 Å². The summed E-state index contributed by atoms with van der Waals surface area (Å²) >= 11 is 0. The molecule has 0 heterocycles. The molecule has 1 saturated carbocycles. The number of para-hydroxylation sites is 1. The second-order valence-electron chi connectivity index (χ2n) is 6.52. The number of carbonyl (C=O) groups is 1. The minimum Gasteiger partial charge on any atom is -0.494 e. The zero-order chi connectivity index (χ0) is 18.6. The molecule has 2 rings (SSSR count). The van der Waals surface area contributed by atoms with Gasteiger partial charge in [-0.3, -0.25) is 9.79 Å². The van der Waals surface area contributed by atoms with E-state index in [1.165, 1.54) is 19.3 Å². The molecular weight excluding hydrogens is 455 g/mol. The van der Waals surface area contributed by atoms with Gasteiger partial charge in [-0.1, -0.05) is 37.5 Å². The van der Waals surface area contributed by atoms with Gasteiger partial charge in [-0.05, 0) is 25.8 Å². The van der Waals surface area contributed by atoms with Crippen molar-refractivity contribution in [2.45, 2.75) is 45.6 Å². The van der Waals surface area contributed by atoms with Gasteiger partial charge in [0.05, 0.1) is 6.61 Å². The molecule has 1 aromatic carbocycles. The minimum atomic E-state index is 0. The van der Waals surface area contributed by atoms with Crippen molar-refractivity contribution < 1.29 is 9.53 Å². The standard InChI is InChI=1S/C20H32N4O2.HI/c1-3-26-18-12-8-7-11-17(18)15-24-20(21-2)23-14-13-22-19(25)16-9-5-4-6-10-16;/h7-8,11-12,16H,3-6,9-10,13-15H2,1-2H3,(H,22,25)(H2,21,23,24);1H. The van der Waals surface area contributed by atoms with Crippen molar-refractivity contribution in [1.82, 2.24) is 16.0 Å². The Morgan fingerprint density at radius 2 is 1.81 bits per heavy atom. The predicted octanol–water partition coefficient (Wildman–Crippen LogP) is 3.06. The fourth-order valence-corrected chi connectivity index (χ4v) is 3.22. The Labute approximate surface area is 179 Å². The zero-order valence-electron chi connectivity index (χ0n) is 16.4. The van der Waals surface area contributed by atoms with E-state index in [2.05, 4.69) is 20.9 Å². The molecule has 1 aliphatic rings. The maximum absolute atomic E-state index is 12.1. The first-order chi connectivity index (χ1) is 12.7. The summed E-state index contributed by atoms with van der Waals surface area (Å²) in [4.78, 5) is 16.3. The van der Waals surface area contributed by atoms with E-state index in [1.54, 1.807) is 7.05 Å². The molecule has 3 N–H and O–H groups in total. The average molecular weight is 488 g/mol. The number of ether oxygens (including phenoxy) is 1. The first kappa shape index (κ1) is 23.5. The number of aliphatic imine (C=N–C) groups is 1. The first-order valence-electron chi connectivity index (χ1n) is 9.67. The number of nitrogens with one attached hydrogen (secondary N) is 3. The molecule has 0 radical (unpaired) electrons. The third-order valence-electron chi connectivity index (χ3n) is 4.63. The zero-order valence-corrected chi connectivity index (χ0v) is 18.8. The number of hydrogen-bond acceptors (Lipinski definition) is 3. The van der Waals surface area contributed by atoms with Crippen molar-refractivity contribution in [1.29, 1.82) is 0 Å².